The molecule has 0 aromatic heterocycles. The van der Waals surface area contributed by atoms with Crippen molar-refractivity contribution in [3.05, 3.63) is 0 Å². The zero-order valence-electron chi connectivity index (χ0n) is 11.8. The lowest BCUT2D eigenvalue weighted by Crippen LogP contribution is -2.48. The van der Waals surface area contributed by atoms with Gasteiger partial charge < -0.3 is 9.84 Å². The van der Waals surface area contributed by atoms with Crippen LogP contribution in [0.1, 0.15) is 52.4 Å². The van der Waals surface area contributed by atoms with Crippen molar-refractivity contribution >= 4 is 22.1 Å². The number of unbranched alkanes of at least 4 members (excludes halogenated alkanes) is 3. The molecule has 0 aromatic rings. The minimum absolute atomic E-state index is 0.00965. The van der Waals surface area contributed by atoms with Gasteiger partial charge in [-0.2, -0.15) is 8.42 Å². The number of aliphatic carboxylic acids is 1. The summed E-state index contributed by atoms with van der Waals surface area (Å²) in [6.07, 6.45) is 1.97. The lowest BCUT2D eigenvalue weighted by Gasteiger charge is -2.25. The molecule has 0 spiro atoms. The number of esters is 1. The van der Waals surface area contributed by atoms with Crippen molar-refractivity contribution in [2.75, 3.05) is 6.61 Å². The average Bonchev–Trinajstić information content (AvgIpc) is 2.33. The van der Waals surface area contributed by atoms with Crippen LogP contribution in [-0.2, 0) is 24.4 Å². The number of rotatable bonds is 10. The molecule has 0 bridgehead atoms. The average molecular weight is 310 g/mol. The summed E-state index contributed by atoms with van der Waals surface area (Å²) in [5.41, 5.74) is 0. The highest BCUT2D eigenvalue weighted by molar-refractivity contribution is 7.88. The van der Waals surface area contributed by atoms with Crippen LogP contribution in [0.2, 0.25) is 0 Å². The topological polar surface area (TPSA) is 118 Å². The molecule has 0 aliphatic carbocycles. The van der Waals surface area contributed by atoms with Crippen molar-refractivity contribution in [2.24, 2.45) is 0 Å². The fourth-order valence-electron chi connectivity index (χ4n) is 1.79. The number of carboxylic acids is 1. The minimum Gasteiger partial charge on any atom is -0.481 e. The summed E-state index contributed by atoms with van der Waals surface area (Å²) in [5.74, 6) is -2.70. The van der Waals surface area contributed by atoms with Gasteiger partial charge in [0.1, 0.15) is 0 Å². The van der Waals surface area contributed by atoms with Gasteiger partial charge >= 0.3 is 11.9 Å². The smallest absolute Gasteiger partial charge is 0.330 e. The van der Waals surface area contributed by atoms with Crippen LogP contribution in [0, 0.1) is 0 Å². The molecule has 1 atom stereocenters. The summed E-state index contributed by atoms with van der Waals surface area (Å²) in [6.45, 7) is 3.34. The molecule has 118 valence electrons. The van der Waals surface area contributed by atoms with Crippen molar-refractivity contribution in [1.82, 2.24) is 0 Å². The quantitative estimate of drug-likeness (QED) is 0.357. The Morgan fingerprint density at radius 3 is 2.15 bits per heavy atom. The third-order valence-corrected chi connectivity index (χ3v) is 4.69. The highest BCUT2D eigenvalue weighted by Gasteiger charge is 2.52. The fraction of sp³-hybridized carbons (Fsp3) is 0.833. The number of carboxylic acid groups (broad SMARTS) is 1. The van der Waals surface area contributed by atoms with E-state index in [1.807, 2.05) is 6.92 Å². The summed E-state index contributed by atoms with van der Waals surface area (Å²) in [6, 6.07) is 0. The molecule has 0 rings (SSSR count). The van der Waals surface area contributed by atoms with Crippen molar-refractivity contribution < 1.29 is 32.4 Å². The van der Waals surface area contributed by atoms with E-state index in [9.17, 15) is 22.6 Å². The van der Waals surface area contributed by atoms with Gasteiger partial charge in [0.25, 0.3) is 10.1 Å². The second kappa shape index (κ2) is 8.21. The normalized spacial score (nSPS) is 14.6. The molecule has 8 heteroatoms. The maximum Gasteiger partial charge on any atom is 0.330 e. The minimum atomic E-state index is -4.87. The zero-order valence-corrected chi connectivity index (χ0v) is 12.6. The van der Waals surface area contributed by atoms with Crippen molar-refractivity contribution in [3.8, 4) is 0 Å². The van der Waals surface area contributed by atoms with Gasteiger partial charge in [-0.3, -0.25) is 14.1 Å². The molecule has 2 N–H and O–H groups in total. The molecule has 0 aromatic carbocycles. The first-order valence-electron chi connectivity index (χ1n) is 6.57. The fourth-order valence-corrected chi connectivity index (χ4v) is 2.73. The molecule has 20 heavy (non-hydrogen) atoms. The molecule has 0 amide bonds. The first-order valence-corrected chi connectivity index (χ1v) is 8.01. The van der Waals surface area contributed by atoms with Crippen LogP contribution in [0.15, 0.2) is 0 Å². The Morgan fingerprint density at radius 1 is 1.15 bits per heavy atom. The lowest BCUT2D eigenvalue weighted by atomic mass is 10.0. The van der Waals surface area contributed by atoms with E-state index >= 15 is 0 Å². The molecule has 7 nitrogen and oxygen atoms in total. The predicted molar refractivity (Wildman–Crippen MR) is 71.9 cm³/mol. The lowest BCUT2D eigenvalue weighted by molar-refractivity contribution is -0.151. The molecule has 0 aliphatic heterocycles. The summed E-state index contributed by atoms with van der Waals surface area (Å²) in [4.78, 5) is 22.6. The molecule has 0 heterocycles. The van der Waals surface area contributed by atoms with E-state index in [4.69, 9.17) is 9.84 Å². The number of carbonyl (C=O) groups excluding carboxylic acids is 1. The highest BCUT2D eigenvalue weighted by atomic mass is 32.2. The number of carbonyl (C=O) groups is 2. The van der Waals surface area contributed by atoms with Crippen LogP contribution < -0.4 is 0 Å². The van der Waals surface area contributed by atoms with E-state index in [-0.39, 0.29) is 13.0 Å². The largest absolute Gasteiger partial charge is 0.481 e. The van der Waals surface area contributed by atoms with Crippen LogP contribution in [0.5, 0.6) is 0 Å². The van der Waals surface area contributed by atoms with Crippen LogP contribution in [0.3, 0.4) is 0 Å². The summed E-state index contributed by atoms with van der Waals surface area (Å²) < 4.78 is 34.4. The Hall–Kier alpha value is -1.15. The Balaban J connectivity index is 4.87. The second-order valence-electron chi connectivity index (χ2n) is 4.59. The van der Waals surface area contributed by atoms with Gasteiger partial charge in [0.05, 0.1) is 13.0 Å². The van der Waals surface area contributed by atoms with E-state index < -0.39 is 33.2 Å². The van der Waals surface area contributed by atoms with E-state index in [2.05, 4.69) is 0 Å². The Bertz CT molecular complexity index is 429. The molecule has 0 saturated carbocycles. The molecule has 0 aliphatic rings. The van der Waals surface area contributed by atoms with Gasteiger partial charge in [-0.05, 0) is 12.8 Å². The standard InChI is InChI=1S/C12H22O7S/c1-3-5-6-7-8-19-11(15)12(4-2,9-10(13)14)20(16,17)18/h3-9H2,1-2H3,(H,13,14)(H,16,17,18). The number of ether oxygens (including phenoxy) is 1. The van der Waals surface area contributed by atoms with E-state index in [1.54, 1.807) is 0 Å². The molecule has 0 radical (unpaired) electrons. The summed E-state index contributed by atoms with van der Waals surface area (Å²) in [7, 11) is -4.87. The van der Waals surface area contributed by atoms with Gasteiger partial charge in [-0.25, -0.2) is 0 Å². The zero-order chi connectivity index (χ0) is 15.8. The maximum absolute atomic E-state index is 11.9. The molecule has 0 fully saturated rings. The Morgan fingerprint density at radius 2 is 1.75 bits per heavy atom. The van der Waals surface area contributed by atoms with E-state index in [0.717, 1.165) is 19.3 Å². The predicted octanol–water partition coefficient (Wildman–Crippen LogP) is 1.62. The summed E-state index contributed by atoms with van der Waals surface area (Å²) >= 11 is 0. The maximum atomic E-state index is 11.9. The van der Waals surface area contributed by atoms with Crippen LogP contribution in [0.4, 0.5) is 0 Å². The first-order chi connectivity index (χ1) is 9.21. The molecule has 0 saturated heterocycles. The van der Waals surface area contributed by atoms with Gasteiger partial charge in [-0.15, -0.1) is 0 Å². The Kier molecular flexibility index (Phi) is 7.74. The van der Waals surface area contributed by atoms with Crippen molar-refractivity contribution in [1.29, 1.82) is 0 Å². The van der Waals surface area contributed by atoms with Crippen LogP contribution in [0.25, 0.3) is 0 Å². The summed E-state index contributed by atoms with van der Waals surface area (Å²) in [5, 5.41) is 8.75. The van der Waals surface area contributed by atoms with Gasteiger partial charge in [0.2, 0.25) is 4.75 Å². The monoisotopic (exact) mass is 310 g/mol. The molecular formula is C12H22O7S. The third-order valence-electron chi connectivity index (χ3n) is 3.10. The van der Waals surface area contributed by atoms with Gasteiger partial charge in [0, 0.05) is 0 Å². The van der Waals surface area contributed by atoms with Gasteiger partial charge in [0.15, 0.2) is 0 Å². The number of hydrogen-bond acceptors (Lipinski definition) is 5. The van der Waals surface area contributed by atoms with Gasteiger partial charge in [-0.1, -0.05) is 33.1 Å². The molecular weight excluding hydrogens is 288 g/mol. The first kappa shape index (κ1) is 18.9. The van der Waals surface area contributed by atoms with Crippen LogP contribution >= 0.6 is 0 Å². The third kappa shape index (κ3) is 5.09. The number of hydrogen-bond donors (Lipinski definition) is 2. The van der Waals surface area contributed by atoms with Crippen molar-refractivity contribution in [2.45, 2.75) is 57.1 Å². The SMILES string of the molecule is CCCCCCOC(=O)C(CC)(CC(=O)O)S(=O)(=O)O. The molecule has 1 unspecified atom stereocenters. The van der Waals surface area contributed by atoms with E-state index in [1.165, 1.54) is 6.92 Å². The highest BCUT2D eigenvalue weighted by Crippen LogP contribution is 2.27. The Labute approximate surface area is 119 Å². The second-order valence-corrected chi connectivity index (χ2v) is 6.32. The van der Waals surface area contributed by atoms with E-state index in [0.29, 0.717) is 6.42 Å². The van der Waals surface area contributed by atoms with Crippen molar-refractivity contribution in [3.63, 3.8) is 0 Å². The van der Waals surface area contributed by atoms with Crippen LogP contribution in [-0.4, -0.2) is 41.4 Å².